The smallest absolute Gasteiger partial charge is 0.141 e. The Kier molecular flexibility index (Phi) is 3.77. The maximum absolute atomic E-state index is 11.6. The number of pyridine rings is 1. The molecule has 76 valence electrons. The molecule has 0 saturated carbocycles. The minimum absolute atomic E-state index is 0.0841. The number of hydrogen-bond donors (Lipinski definition) is 1. The highest BCUT2D eigenvalue weighted by atomic mass is 16.1. The standard InChI is InChI=1S/C11H16N2O/c1-8(9(2)12)11(14)6-10-4-3-5-13-7-10/h3-5,7-9H,6,12H2,1-2H3. The van der Waals surface area contributed by atoms with Gasteiger partial charge in [-0.15, -0.1) is 0 Å². The largest absolute Gasteiger partial charge is 0.327 e. The lowest BCUT2D eigenvalue weighted by molar-refractivity contribution is -0.122. The Morgan fingerprint density at radius 1 is 1.57 bits per heavy atom. The monoisotopic (exact) mass is 192 g/mol. The summed E-state index contributed by atoms with van der Waals surface area (Å²) in [5.74, 6) is 0.0863. The van der Waals surface area contributed by atoms with Gasteiger partial charge in [0.1, 0.15) is 5.78 Å². The first-order chi connectivity index (χ1) is 6.61. The second kappa shape index (κ2) is 4.86. The molecule has 0 aliphatic heterocycles. The minimum atomic E-state index is -0.0878. The first-order valence-corrected chi connectivity index (χ1v) is 4.78. The lowest BCUT2D eigenvalue weighted by Crippen LogP contribution is -2.31. The van der Waals surface area contributed by atoms with Gasteiger partial charge in [0.2, 0.25) is 0 Å². The fraction of sp³-hybridized carbons (Fsp3) is 0.455. The second-order valence-electron chi connectivity index (χ2n) is 3.65. The average Bonchev–Trinajstić information content (AvgIpc) is 2.18. The highest BCUT2D eigenvalue weighted by Crippen LogP contribution is 2.07. The fourth-order valence-corrected chi connectivity index (χ4v) is 1.16. The summed E-state index contributed by atoms with van der Waals surface area (Å²) in [5.41, 5.74) is 6.60. The average molecular weight is 192 g/mol. The van der Waals surface area contributed by atoms with Gasteiger partial charge in [-0.05, 0) is 18.6 Å². The fourth-order valence-electron chi connectivity index (χ4n) is 1.16. The quantitative estimate of drug-likeness (QED) is 0.779. The highest BCUT2D eigenvalue weighted by Gasteiger charge is 2.16. The maximum atomic E-state index is 11.6. The van der Waals surface area contributed by atoms with E-state index in [4.69, 9.17) is 5.73 Å². The molecule has 0 radical (unpaired) electrons. The zero-order chi connectivity index (χ0) is 10.6. The molecule has 1 rings (SSSR count). The summed E-state index contributed by atoms with van der Waals surface area (Å²) in [4.78, 5) is 15.6. The van der Waals surface area contributed by atoms with Gasteiger partial charge in [-0.25, -0.2) is 0 Å². The summed E-state index contributed by atoms with van der Waals surface area (Å²) in [6.07, 6.45) is 3.84. The van der Waals surface area contributed by atoms with Crippen LogP contribution in [0.1, 0.15) is 19.4 Å². The van der Waals surface area contributed by atoms with E-state index in [-0.39, 0.29) is 17.7 Å². The Morgan fingerprint density at radius 3 is 2.79 bits per heavy atom. The van der Waals surface area contributed by atoms with Crippen molar-refractivity contribution in [1.29, 1.82) is 0 Å². The topological polar surface area (TPSA) is 56.0 Å². The molecule has 0 amide bonds. The number of carbonyl (C=O) groups excluding carboxylic acids is 1. The Morgan fingerprint density at radius 2 is 2.29 bits per heavy atom. The molecular formula is C11H16N2O. The molecule has 14 heavy (non-hydrogen) atoms. The summed E-state index contributed by atoms with van der Waals surface area (Å²) in [5, 5.41) is 0. The molecule has 2 atom stereocenters. The molecule has 1 heterocycles. The maximum Gasteiger partial charge on any atom is 0.141 e. The predicted molar refractivity (Wildman–Crippen MR) is 55.8 cm³/mol. The summed E-state index contributed by atoms with van der Waals surface area (Å²) in [7, 11) is 0. The van der Waals surface area contributed by atoms with E-state index in [0.29, 0.717) is 6.42 Å². The van der Waals surface area contributed by atoms with Crippen molar-refractivity contribution in [2.75, 3.05) is 0 Å². The molecule has 0 aliphatic carbocycles. The third-order valence-electron chi connectivity index (χ3n) is 2.40. The normalized spacial score (nSPS) is 14.8. The third kappa shape index (κ3) is 2.92. The van der Waals surface area contributed by atoms with Gasteiger partial charge < -0.3 is 5.73 Å². The molecule has 2 unspecified atom stereocenters. The van der Waals surface area contributed by atoms with E-state index >= 15 is 0 Å². The van der Waals surface area contributed by atoms with Crippen molar-refractivity contribution in [2.45, 2.75) is 26.3 Å². The van der Waals surface area contributed by atoms with Crippen molar-refractivity contribution in [1.82, 2.24) is 4.98 Å². The molecular weight excluding hydrogens is 176 g/mol. The molecule has 1 aromatic rings. The van der Waals surface area contributed by atoms with Gasteiger partial charge in [0.15, 0.2) is 0 Å². The van der Waals surface area contributed by atoms with Crippen LogP contribution in [-0.4, -0.2) is 16.8 Å². The van der Waals surface area contributed by atoms with Crippen LogP contribution in [0.5, 0.6) is 0 Å². The van der Waals surface area contributed by atoms with Crippen LogP contribution in [0.15, 0.2) is 24.5 Å². The van der Waals surface area contributed by atoms with E-state index in [1.807, 2.05) is 26.0 Å². The minimum Gasteiger partial charge on any atom is -0.327 e. The van der Waals surface area contributed by atoms with Crippen LogP contribution in [-0.2, 0) is 11.2 Å². The van der Waals surface area contributed by atoms with Crippen LogP contribution >= 0.6 is 0 Å². The molecule has 3 nitrogen and oxygen atoms in total. The molecule has 0 aromatic carbocycles. The zero-order valence-electron chi connectivity index (χ0n) is 8.60. The van der Waals surface area contributed by atoms with Crippen LogP contribution < -0.4 is 5.73 Å². The van der Waals surface area contributed by atoms with Crippen LogP contribution in [0.25, 0.3) is 0 Å². The molecule has 1 aromatic heterocycles. The molecule has 0 fully saturated rings. The number of ketones is 1. The Balaban J connectivity index is 2.58. The summed E-state index contributed by atoms with van der Waals surface area (Å²) in [6, 6.07) is 3.65. The van der Waals surface area contributed by atoms with Crippen LogP contribution in [0.4, 0.5) is 0 Å². The summed E-state index contributed by atoms with van der Waals surface area (Å²) < 4.78 is 0. The number of Topliss-reactive ketones (excluding diaryl/α,β-unsaturated/α-hetero) is 1. The van der Waals surface area contributed by atoms with Gasteiger partial charge in [-0.2, -0.15) is 0 Å². The van der Waals surface area contributed by atoms with E-state index in [9.17, 15) is 4.79 Å². The predicted octanol–water partition coefficient (Wildman–Crippen LogP) is 1.18. The molecule has 0 bridgehead atoms. The van der Waals surface area contributed by atoms with E-state index < -0.39 is 0 Å². The van der Waals surface area contributed by atoms with E-state index in [1.165, 1.54) is 0 Å². The summed E-state index contributed by atoms with van der Waals surface area (Å²) >= 11 is 0. The van der Waals surface area contributed by atoms with Crippen LogP contribution in [0.3, 0.4) is 0 Å². The number of rotatable bonds is 4. The summed E-state index contributed by atoms with van der Waals surface area (Å²) in [6.45, 7) is 3.72. The van der Waals surface area contributed by atoms with Gasteiger partial charge in [0, 0.05) is 30.8 Å². The van der Waals surface area contributed by atoms with Crippen molar-refractivity contribution in [2.24, 2.45) is 11.7 Å². The van der Waals surface area contributed by atoms with Crippen molar-refractivity contribution < 1.29 is 4.79 Å². The lowest BCUT2D eigenvalue weighted by Gasteiger charge is -2.13. The Labute approximate surface area is 84.3 Å². The van der Waals surface area contributed by atoms with Crippen molar-refractivity contribution in [3.8, 4) is 0 Å². The van der Waals surface area contributed by atoms with E-state index in [0.717, 1.165) is 5.56 Å². The zero-order valence-corrected chi connectivity index (χ0v) is 8.60. The van der Waals surface area contributed by atoms with Gasteiger partial charge in [-0.3, -0.25) is 9.78 Å². The van der Waals surface area contributed by atoms with E-state index in [1.54, 1.807) is 12.4 Å². The SMILES string of the molecule is CC(N)C(C)C(=O)Cc1cccnc1. The first kappa shape index (κ1) is 10.9. The lowest BCUT2D eigenvalue weighted by atomic mass is 9.95. The van der Waals surface area contributed by atoms with Gasteiger partial charge in [0.05, 0.1) is 0 Å². The number of carbonyl (C=O) groups is 1. The molecule has 3 heteroatoms. The number of hydrogen-bond acceptors (Lipinski definition) is 3. The number of nitrogens with two attached hydrogens (primary N) is 1. The number of aromatic nitrogens is 1. The molecule has 0 aliphatic rings. The second-order valence-corrected chi connectivity index (χ2v) is 3.65. The van der Waals surface area contributed by atoms with Gasteiger partial charge in [0.25, 0.3) is 0 Å². The third-order valence-corrected chi connectivity index (χ3v) is 2.40. The molecule has 2 N–H and O–H groups in total. The Hall–Kier alpha value is -1.22. The van der Waals surface area contributed by atoms with Crippen molar-refractivity contribution in [3.63, 3.8) is 0 Å². The van der Waals surface area contributed by atoms with Gasteiger partial charge >= 0.3 is 0 Å². The molecule has 0 spiro atoms. The highest BCUT2D eigenvalue weighted by molar-refractivity contribution is 5.83. The van der Waals surface area contributed by atoms with Crippen molar-refractivity contribution >= 4 is 5.78 Å². The Bertz CT molecular complexity index is 295. The number of nitrogens with zero attached hydrogens (tertiary/aromatic N) is 1. The van der Waals surface area contributed by atoms with Gasteiger partial charge in [-0.1, -0.05) is 13.0 Å². The first-order valence-electron chi connectivity index (χ1n) is 4.78. The van der Waals surface area contributed by atoms with Crippen LogP contribution in [0, 0.1) is 5.92 Å². The van der Waals surface area contributed by atoms with Crippen molar-refractivity contribution in [3.05, 3.63) is 30.1 Å². The van der Waals surface area contributed by atoms with Crippen LogP contribution in [0.2, 0.25) is 0 Å². The molecule has 0 saturated heterocycles. The van der Waals surface area contributed by atoms with E-state index in [2.05, 4.69) is 4.98 Å².